The maximum Gasteiger partial charge on any atom is 0.227 e. The highest BCUT2D eigenvalue weighted by atomic mass is 16.4. The summed E-state index contributed by atoms with van der Waals surface area (Å²) in [4.78, 5) is 19.8. The Morgan fingerprint density at radius 1 is 0.293 bits per heavy atom. The van der Waals surface area contributed by atoms with Crippen molar-refractivity contribution in [2.45, 2.75) is 130 Å². The molecule has 0 aliphatic carbocycles. The fourth-order valence-electron chi connectivity index (χ4n) is 12.5. The standard InChI is InChI=1S/C80H74N8O4/c1-77(2,3)55-29-37-69-63(41-55)81-73(89-69)51-21-13-47(14-22-51)61-45-67(87(85-61)59-33-25-53(26-34-59)75-83-65-43-57(79(7,8)9)31-39-71(65)91-75)49-17-19-50(20-18-49)68-46-62(48-15-23-52(24-16-48)74-82-64-42-56(78(4,5)6)30-38-70(64)90-74)86-88(68)60-35-27-54(28-36-60)76-84-66-44-58(80(10,11)12)32-40-72(66)92-76/h13-44,67-68H,45-46H2,1-12H3. The minimum atomic E-state index is -0.120. The van der Waals surface area contributed by atoms with E-state index < -0.39 is 0 Å². The molecule has 0 amide bonds. The molecule has 0 saturated carbocycles. The molecule has 0 spiro atoms. The first kappa shape index (κ1) is 58.2. The van der Waals surface area contributed by atoms with Crippen LogP contribution in [0.25, 0.3) is 90.2 Å². The van der Waals surface area contributed by atoms with Gasteiger partial charge < -0.3 is 17.7 Å². The molecular formula is C80H74N8O4. The summed E-state index contributed by atoms with van der Waals surface area (Å²) in [6.07, 6.45) is 1.34. The lowest BCUT2D eigenvalue weighted by Crippen LogP contribution is -2.20. The number of nitrogens with zero attached hydrogens (tertiary/aromatic N) is 8. The van der Waals surface area contributed by atoms with Crippen LogP contribution in [0.3, 0.4) is 0 Å². The van der Waals surface area contributed by atoms with Gasteiger partial charge in [0.05, 0.1) is 34.9 Å². The van der Waals surface area contributed by atoms with Crippen molar-refractivity contribution in [2.75, 3.05) is 10.0 Å². The van der Waals surface area contributed by atoms with E-state index in [1.807, 2.05) is 24.3 Å². The average Bonchev–Trinajstić information content (AvgIpc) is 1.68. The highest BCUT2D eigenvalue weighted by Gasteiger charge is 2.34. The number of oxazole rings is 4. The number of benzene rings is 9. The number of anilines is 2. The van der Waals surface area contributed by atoms with Crippen LogP contribution < -0.4 is 10.0 Å². The summed E-state index contributed by atoms with van der Waals surface area (Å²) in [6.45, 7) is 26.5. The summed E-state index contributed by atoms with van der Waals surface area (Å²) in [5, 5.41) is 15.2. The Bertz CT molecular complexity index is 4700. The van der Waals surface area contributed by atoms with Crippen molar-refractivity contribution in [3.63, 3.8) is 0 Å². The minimum absolute atomic E-state index is 0.00238. The number of fused-ring (bicyclic) bond motifs is 4. The first-order chi connectivity index (χ1) is 44.0. The lowest BCUT2D eigenvalue weighted by Gasteiger charge is -2.26. The van der Waals surface area contributed by atoms with Crippen molar-refractivity contribution in [2.24, 2.45) is 10.2 Å². The fourth-order valence-corrected chi connectivity index (χ4v) is 12.5. The largest absolute Gasteiger partial charge is 0.436 e. The Kier molecular flexibility index (Phi) is 13.8. The van der Waals surface area contributed by atoms with Gasteiger partial charge in [0, 0.05) is 35.1 Å². The van der Waals surface area contributed by atoms with Crippen molar-refractivity contribution < 1.29 is 17.7 Å². The second-order valence-electron chi connectivity index (χ2n) is 28.9. The molecule has 0 radical (unpaired) electrons. The molecule has 92 heavy (non-hydrogen) atoms. The highest BCUT2D eigenvalue weighted by molar-refractivity contribution is 6.04. The van der Waals surface area contributed by atoms with E-state index in [0.717, 1.165) is 112 Å². The molecule has 4 aromatic heterocycles. The highest BCUT2D eigenvalue weighted by Crippen LogP contribution is 2.43. The van der Waals surface area contributed by atoms with E-state index in [4.69, 9.17) is 47.8 Å². The molecule has 2 aliphatic rings. The van der Waals surface area contributed by atoms with Gasteiger partial charge >= 0.3 is 0 Å². The molecule has 2 aliphatic heterocycles. The second-order valence-corrected chi connectivity index (χ2v) is 28.9. The predicted octanol–water partition coefficient (Wildman–Crippen LogP) is 20.8. The lowest BCUT2D eigenvalue weighted by molar-refractivity contribution is 0.589. The molecule has 2 atom stereocenters. The molecule has 0 fully saturated rings. The monoisotopic (exact) mass is 1210 g/mol. The molecule has 15 rings (SSSR count). The molecule has 12 heteroatoms. The van der Waals surface area contributed by atoms with Gasteiger partial charge in [0.2, 0.25) is 23.6 Å². The quantitative estimate of drug-likeness (QED) is 0.130. The third-order valence-electron chi connectivity index (χ3n) is 18.2. The number of aromatic nitrogens is 4. The number of hydrazone groups is 2. The molecule has 0 N–H and O–H groups in total. The van der Waals surface area contributed by atoms with E-state index in [9.17, 15) is 0 Å². The molecule has 6 heterocycles. The molecule has 9 aromatic carbocycles. The zero-order valence-corrected chi connectivity index (χ0v) is 54.3. The zero-order valence-electron chi connectivity index (χ0n) is 54.3. The van der Waals surface area contributed by atoms with Gasteiger partial charge in [-0.25, -0.2) is 19.9 Å². The van der Waals surface area contributed by atoms with Crippen LogP contribution >= 0.6 is 0 Å². The summed E-state index contributed by atoms with van der Waals surface area (Å²) in [5.41, 5.74) is 23.1. The van der Waals surface area contributed by atoms with E-state index in [1.54, 1.807) is 0 Å². The van der Waals surface area contributed by atoms with Gasteiger partial charge in [-0.2, -0.15) is 10.2 Å². The maximum atomic E-state index is 6.35. The third kappa shape index (κ3) is 11.0. The van der Waals surface area contributed by atoms with Crippen LogP contribution in [-0.2, 0) is 21.7 Å². The lowest BCUT2D eigenvalue weighted by atomic mass is 9.87. The van der Waals surface area contributed by atoms with Crippen molar-refractivity contribution in [1.29, 1.82) is 0 Å². The van der Waals surface area contributed by atoms with Gasteiger partial charge in [-0.1, -0.05) is 156 Å². The topological polar surface area (TPSA) is 135 Å². The van der Waals surface area contributed by atoms with Crippen molar-refractivity contribution >= 4 is 67.2 Å². The van der Waals surface area contributed by atoms with Crippen LogP contribution in [0.5, 0.6) is 0 Å². The summed E-state index contributed by atoms with van der Waals surface area (Å²) >= 11 is 0. The summed E-state index contributed by atoms with van der Waals surface area (Å²) in [6, 6.07) is 67.7. The van der Waals surface area contributed by atoms with E-state index >= 15 is 0 Å². The number of hydrogen-bond donors (Lipinski definition) is 0. The maximum absolute atomic E-state index is 6.35. The Balaban J connectivity index is 0.747. The normalized spacial score (nSPS) is 15.8. The first-order valence-electron chi connectivity index (χ1n) is 31.9. The second kappa shape index (κ2) is 21.8. The van der Waals surface area contributed by atoms with Gasteiger partial charge in [0.15, 0.2) is 22.3 Å². The SMILES string of the molecule is CC(C)(C)c1ccc2oc(-c3ccc(C4=NN(c5ccc(-c6nc7cc(C(C)(C)C)ccc7o6)cc5)C(c5ccc(C6CC(c7ccc(-c8nc9cc(C(C)(C)C)ccc9o8)cc7)=NN6c6ccc(-c7nc8cc(C(C)(C)C)ccc8o7)cc6)cc5)C4)cc3)nc2c1. The van der Waals surface area contributed by atoms with Crippen LogP contribution in [0, 0.1) is 0 Å². The minimum Gasteiger partial charge on any atom is -0.436 e. The summed E-state index contributed by atoms with van der Waals surface area (Å²) in [5.74, 6) is 2.34. The molecule has 0 saturated heterocycles. The Morgan fingerprint density at radius 2 is 0.533 bits per heavy atom. The fraction of sp³-hybridized carbons (Fsp3) is 0.250. The molecule has 12 nitrogen and oxygen atoms in total. The van der Waals surface area contributed by atoms with E-state index in [2.05, 4.69) is 263 Å². The molecule has 0 bridgehead atoms. The molecular weight excluding hydrogens is 1140 g/mol. The van der Waals surface area contributed by atoms with Gasteiger partial charge in [-0.3, -0.25) is 10.0 Å². The Hall–Kier alpha value is -10.2. The molecule has 458 valence electrons. The summed E-state index contributed by atoms with van der Waals surface area (Å²) < 4.78 is 25.3. The predicted molar refractivity (Wildman–Crippen MR) is 372 cm³/mol. The third-order valence-corrected chi connectivity index (χ3v) is 18.2. The van der Waals surface area contributed by atoms with Crippen LogP contribution in [0.15, 0.2) is 222 Å². The summed E-state index contributed by atoms with van der Waals surface area (Å²) in [7, 11) is 0. The van der Waals surface area contributed by atoms with Crippen LogP contribution in [0.2, 0.25) is 0 Å². The smallest absolute Gasteiger partial charge is 0.227 e. The molecule has 2 unspecified atom stereocenters. The number of rotatable bonds is 10. The van der Waals surface area contributed by atoms with Gasteiger partial charge in [0.1, 0.15) is 22.1 Å². The van der Waals surface area contributed by atoms with Crippen molar-refractivity contribution in [3.8, 4) is 45.8 Å². The van der Waals surface area contributed by atoms with Crippen LogP contribution in [-0.4, -0.2) is 31.4 Å². The molecule has 13 aromatic rings. The van der Waals surface area contributed by atoms with Crippen molar-refractivity contribution in [3.05, 3.63) is 239 Å². The average molecular weight is 1210 g/mol. The number of hydrogen-bond acceptors (Lipinski definition) is 12. The first-order valence-corrected chi connectivity index (χ1v) is 31.9. The van der Waals surface area contributed by atoms with Crippen LogP contribution in [0.1, 0.15) is 153 Å². The van der Waals surface area contributed by atoms with E-state index in [0.29, 0.717) is 36.4 Å². The Morgan fingerprint density at radius 3 is 0.783 bits per heavy atom. The van der Waals surface area contributed by atoms with Gasteiger partial charge in [-0.15, -0.1) is 0 Å². The van der Waals surface area contributed by atoms with E-state index in [1.165, 1.54) is 22.3 Å². The van der Waals surface area contributed by atoms with Gasteiger partial charge in [0.25, 0.3) is 0 Å². The van der Waals surface area contributed by atoms with E-state index in [-0.39, 0.29) is 33.7 Å². The Labute approximate surface area is 536 Å². The zero-order chi connectivity index (χ0) is 63.6. The van der Waals surface area contributed by atoms with Crippen LogP contribution in [0.4, 0.5) is 11.4 Å². The van der Waals surface area contributed by atoms with Gasteiger partial charge in [-0.05, 0) is 187 Å². The van der Waals surface area contributed by atoms with Crippen molar-refractivity contribution in [1.82, 2.24) is 19.9 Å².